The minimum atomic E-state index is -0.508. The second-order valence-electron chi connectivity index (χ2n) is 2.90. The molecule has 74 valence electrons. The van der Waals surface area contributed by atoms with Gasteiger partial charge in [-0.2, -0.15) is 5.26 Å². The van der Waals surface area contributed by atoms with Gasteiger partial charge in [-0.05, 0) is 6.07 Å². The molecule has 0 spiro atoms. The molecule has 0 amide bonds. The van der Waals surface area contributed by atoms with Gasteiger partial charge in [0.15, 0.2) is 5.58 Å². The van der Waals surface area contributed by atoms with Crippen molar-refractivity contribution in [3.8, 4) is 6.07 Å². The Kier molecular flexibility index (Phi) is 2.06. The van der Waals surface area contributed by atoms with E-state index in [0.29, 0.717) is 16.7 Å². The van der Waals surface area contributed by atoms with E-state index >= 15 is 0 Å². The van der Waals surface area contributed by atoms with Crippen molar-refractivity contribution in [2.75, 3.05) is 0 Å². The van der Waals surface area contributed by atoms with E-state index in [0.717, 1.165) is 0 Å². The molecule has 0 saturated carbocycles. The topological polar surface area (TPSA) is 93.0 Å². The highest BCUT2D eigenvalue weighted by Gasteiger charge is 2.12. The van der Waals surface area contributed by atoms with Crippen LogP contribution in [0.4, 0.5) is 5.69 Å². The highest BCUT2D eigenvalue weighted by atomic mass is 16.6. The molecule has 1 aromatic carbocycles. The summed E-state index contributed by atoms with van der Waals surface area (Å²) in [5.41, 5.74) is 0.777. The van der Waals surface area contributed by atoms with Crippen LogP contribution in [0, 0.1) is 21.4 Å². The molecule has 1 aromatic heterocycles. The van der Waals surface area contributed by atoms with E-state index < -0.39 is 4.92 Å². The van der Waals surface area contributed by atoms with E-state index in [1.807, 2.05) is 6.07 Å². The number of nitro benzene ring substituents is 1. The van der Waals surface area contributed by atoms with Gasteiger partial charge in [-0.1, -0.05) is 5.16 Å². The fourth-order valence-corrected chi connectivity index (χ4v) is 1.29. The van der Waals surface area contributed by atoms with Crippen LogP contribution in [-0.2, 0) is 6.42 Å². The van der Waals surface area contributed by atoms with Gasteiger partial charge in [0.25, 0.3) is 5.69 Å². The van der Waals surface area contributed by atoms with Gasteiger partial charge in [-0.3, -0.25) is 10.1 Å². The quantitative estimate of drug-likeness (QED) is 0.548. The Labute approximate surface area is 83.9 Å². The van der Waals surface area contributed by atoms with Gasteiger partial charge in [0.1, 0.15) is 5.69 Å². The van der Waals surface area contributed by atoms with Crippen molar-refractivity contribution in [1.29, 1.82) is 5.26 Å². The first kappa shape index (κ1) is 9.15. The third-order valence-electron chi connectivity index (χ3n) is 1.99. The zero-order valence-corrected chi connectivity index (χ0v) is 7.51. The number of benzene rings is 1. The summed E-state index contributed by atoms with van der Waals surface area (Å²) < 4.78 is 4.89. The zero-order chi connectivity index (χ0) is 10.8. The summed E-state index contributed by atoms with van der Waals surface area (Å²) in [4.78, 5) is 9.96. The van der Waals surface area contributed by atoms with Crippen LogP contribution < -0.4 is 0 Å². The normalized spacial score (nSPS) is 10.1. The Morgan fingerprint density at radius 3 is 3.07 bits per heavy atom. The number of aromatic nitrogens is 1. The van der Waals surface area contributed by atoms with Gasteiger partial charge >= 0.3 is 0 Å². The smallest absolute Gasteiger partial charge is 0.273 e. The molecule has 0 aliphatic heterocycles. The first-order chi connectivity index (χ1) is 7.22. The Hall–Kier alpha value is -2.42. The van der Waals surface area contributed by atoms with Crippen LogP contribution in [0.3, 0.4) is 0 Å². The number of non-ortho nitro benzene ring substituents is 1. The molecule has 0 saturated heterocycles. The first-order valence-electron chi connectivity index (χ1n) is 4.12. The van der Waals surface area contributed by atoms with Crippen molar-refractivity contribution in [3.05, 3.63) is 34.0 Å². The van der Waals surface area contributed by atoms with Crippen LogP contribution in [0.15, 0.2) is 22.7 Å². The Bertz CT molecular complexity index is 567. The fraction of sp³-hybridized carbons (Fsp3) is 0.111. The molecule has 0 aliphatic carbocycles. The zero-order valence-electron chi connectivity index (χ0n) is 7.51. The molecule has 6 nitrogen and oxygen atoms in total. The maximum absolute atomic E-state index is 10.5. The average Bonchev–Trinajstić information content (AvgIpc) is 2.61. The summed E-state index contributed by atoms with van der Waals surface area (Å²) >= 11 is 0. The van der Waals surface area contributed by atoms with E-state index in [9.17, 15) is 10.1 Å². The lowest BCUT2D eigenvalue weighted by molar-refractivity contribution is -0.384. The maximum atomic E-state index is 10.5. The monoisotopic (exact) mass is 203 g/mol. The van der Waals surface area contributed by atoms with Gasteiger partial charge in [-0.25, -0.2) is 0 Å². The summed E-state index contributed by atoms with van der Waals surface area (Å²) in [5, 5.41) is 23.3. The molecule has 0 aliphatic rings. The third kappa shape index (κ3) is 1.50. The summed E-state index contributed by atoms with van der Waals surface area (Å²) in [6.45, 7) is 0. The predicted molar refractivity (Wildman–Crippen MR) is 50.0 cm³/mol. The number of fused-ring (bicyclic) bond motifs is 1. The molecule has 0 N–H and O–H groups in total. The summed E-state index contributed by atoms with van der Waals surface area (Å²) in [5.74, 6) is 0. The maximum Gasteiger partial charge on any atom is 0.273 e. The van der Waals surface area contributed by atoms with E-state index in [4.69, 9.17) is 9.78 Å². The lowest BCUT2D eigenvalue weighted by atomic mass is 10.2. The van der Waals surface area contributed by atoms with Gasteiger partial charge < -0.3 is 4.52 Å². The second kappa shape index (κ2) is 3.38. The molecule has 2 aromatic rings. The van der Waals surface area contributed by atoms with E-state index in [-0.39, 0.29) is 12.1 Å². The highest BCUT2D eigenvalue weighted by Crippen LogP contribution is 2.23. The average molecular weight is 203 g/mol. The number of hydrogen-bond donors (Lipinski definition) is 0. The van der Waals surface area contributed by atoms with Crippen molar-refractivity contribution in [2.45, 2.75) is 6.42 Å². The van der Waals surface area contributed by atoms with E-state index in [2.05, 4.69) is 5.16 Å². The molecule has 6 heteroatoms. The van der Waals surface area contributed by atoms with Gasteiger partial charge in [-0.15, -0.1) is 0 Å². The molecule has 0 atom stereocenters. The summed E-state index contributed by atoms with van der Waals surface area (Å²) in [6.07, 6.45) is 0.130. The fourth-order valence-electron chi connectivity index (χ4n) is 1.29. The molecule has 1 heterocycles. The number of rotatable bonds is 2. The number of nitro groups is 1. The molecular formula is C9H5N3O3. The molecule has 2 rings (SSSR count). The number of nitrogens with zero attached hydrogens (tertiary/aromatic N) is 3. The van der Waals surface area contributed by atoms with E-state index in [1.165, 1.54) is 18.2 Å². The summed E-state index contributed by atoms with van der Waals surface area (Å²) in [7, 11) is 0. The van der Waals surface area contributed by atoms with Crippen molar-refractivity contribution < 1.29 is 9.45 Å². The van der Waals surface area contributed by atoms with Crippen LogP contribution >= 0.6 is 0 Å². The van der Waals surface area contributed by atoms with Crippen molar-refractivity contribution in [2.24, 2.45) is 0 Å². The molecule has 0 bridgehead atoms. The molecule has 0 unspecified atom stereocenters. The minimum Gasteiger partial charge on any atom is -0.356 e. The van der Waals surface area contributed by atoms with Crippen LogP contribution in [-0.4, -0.2) is 10.1 Å². The van der Waals surface area contributed by atoms with Crippen LogP contribution in [0.1, 0.15) is 5.69 Å². The molecule has 15 heavy (non-hydrogen) atoms. The first-order valence-corrected chi connectivity index (χ1v) is 4.12. The van der Waals surface area contributed by atoms with E-state index in [1.54, 1.807) is 0 Å². The van der Waals surface area contributed by atoms with Gasteiger partial charge in [0, 0.05) is 11.5 Å². The molecular weight excluding hydrogens is 198 g/mol. The molecule has 0 fully saturated rings. The van der Waals surface area contributed by atoms with Crippen LogP contribution in [0.5, 0.6) is 0 Å². The van der Waals surface area contributed by atoms with Gasteiger partial charge in [0.05, 0.1) is 23.5 Å². The lowest BCUT2D eigenvalue weighted by Gasteiger charge is -1.90. The molecule has 0 radical (unpaired) electrons. The number of hydrogen-bond acceptors (Lipinski definition) is 5. The van der Waals surface area contributed by atoms with Crippen molar-refractivity contribution >= 4 is 16.7 Å². The Morgan fingerprint density at radius 2 is 2.40 bits per heavy atom. The predicted octanol–water partition coefficient (Wildman–Crippen LogP) is 1.80. The second-order valence-corrected chi connectivity index (χ2v) is 2.90. The Morgan fingerprint density at radius 1 is 1.60 bits per heavy atom. The van der Waals surface area contributed by atoms with Crippen LogP contribution in [0.2, 0.25) is 0 Å². The van der Waals surface area contributed by atoms with Crippen LogP contribution in [0.25, 0.3) is 11.0 Å². The minimum absolute atomic E-state index is 0.0536. The lowest BCUT2D eigenvalue weighted by Crippen LogP contribution is -1.86. The largest absolute Gasteiger partial charge is 0.356 e. The highest BCUT2D eigenvalue weighted by molar-refractivity contribution is 5.81. The Balaban J connectivity index is 2.57. The third-order valence-corrected chi connectivity index (χ3v) is 1.99. The van der Waals surface area contributed by atoms with Crippen molar-refractivity contribution in [1.82, 2.24) is 5.16 Å². The SMILES string of the molecule is N#CCc1noc2cc([N+](=O)[O-])ccc12. The standard InChI is InChI=1S/C9H5N3O3/c10-4-3-8-7-2-1-6(12(13)14)5-9(7)15-11-8/h1-2,5H,3H2. The van der Waals surface area contributed by atoms with Crippen molar-refractivity contribution in [3.63, 3.8) is 0 Å². The van der Waals surface area contributed by atoms with Gasteiger partial charge in [0.2, 0.25) is 0 Å². The number of nitriles is 1. The summed E-state index contributed by atoms with van der Waals surface area (Å²) in [6, 6.07) is 6.14.